The number of amides is 2. The number of hydrogen-bond donors (Lipinski definition) is 4. The molecular weight excluding hydrogens is 903 g/mol. The van der Waals surface area contributed by atoms with Crippen molar-refractivity contribution >= 4 is 40.6 Å². The molecule has 1 aliphatic carbocycles. The molecule has 0 radical (unpaired) electrons. The van der Waals surface area contributed by atoms with Gasteiger partial charge < -0.3 is 45.6 Å². The van der Waals surface area contributed by atoms with Crippen molar-refractivity contribution in [1.29, 1.82) is 0 Å². The molecule has 1 saturated carbocycles. The van der Waals surface area contributed by atoms with Crippen LogP contribution in [0.5, 0.6) is 11.5 Å². The van der Waals surface area contributed by atoms with Gasteiger partial charge in [0.1, 0.15) is 17.5 Å². The molecule has 17 heteroatoms. The van der Waals surface area contributed by atoms with Gasteiger partial charge in [-0.25, -0.2) is 15.0 Å². The first-order valence-corrected chi connectivity index (χ1v) is 26.1. The number of para-hydroxylation sites is 1. The van der Waals surface area contributed by atoms with Crippen molar-refractivity contribution in [2.75, 3.05) is 48.3 Å². The lowest BCUT2D eigenvalue weighted by molar-refractivity contribution is -0.140. The fourth-order valence-corrected chi connectivity index (χ4v) is 12.4. The molecule has 5 aliphatic rings. The number of anilines is 3. The largest absolute Gasteiger partial charge is 0.507 e. The van der Waals surface area contributed by atoms with E-state index in [1.54, 1.807) is 28.4 Å². The van der Waals surface area contributed by atoms with E-state index in [2.05, 4.69) is 59.7 Å². The Kier molecular flexibility index (Phi) is 13.7. The maximum atomic E-state index is 13.6. The Hall–Kier alpha value is -5.91. The maximum absolute atomic E-state index is 13.6. The summed E-state index contributed by atoms with van der Waals surface area (Å²) >= 11 is 1.60. The van der Waals surface area contributed by atoms with Gasteiger partial charge in [-0.2, -0.15) is 0 Å². The monoisotopic (exact) mass is 970 g/mol. The van der Waals surface area contributed by atoms with Crippen molar-refractivity contribution in [2.45, 2.75) is 141 Å². The number of aryl methyl sites for hydroxylation is 1. The molecule has 10 rings (SSSR count). The molecule has 5 fully saturated rings. The number of nitrogens with zero attached hydrogens (tertiary/aromatic N) is 9. The number of nitrogens with two attached hydrogens (primary N) is 1. The van der Waals surface area contributed by atoms with Crippen molar-refractivity contribution in [3.05, 3.63) is 83.3 Å². The summed E-state index contributed by atoms with van der Waals surface area (Å²) in [5, 5.41) is 32.6. The van der Waals surface area contributed by atoms with Crippen molar-refractivity contribution < 1.29 is 24.5 Å². The maximum Gasteiger partial charge on any atom is 0.243 e. The highest BCUT2D eigenvalue weighted by molar-refractivity contribution is 7.13. The second-order valence-electron chi connectivity index (χ2n) is 21.4. The fraction of sp³-hybridized carbons (Fsp3) is 0.528. The number of rotatable bonds is 12. The molecule has 5 N–H and O–H groups in total. The number of benzene rings is 2. The van der Waals surface area contributed by atoms with E-state index in [0.29, 0.717) is 35.5 Å². The second-order valence-corrected chi connectivity index (χ2v) is 22.2. The lowest BCUT2D eigenvalue weighted by Crippen LogP contribution is -2.54. The third-order valence-electron chi connectivity index (χ3n) is 15.3. The highest BCUT2D eigenvalue weighted by atomic mass is 32.1. The fourth-order valence-electron chi connectivity index (χ4n) is 11.6. The van der Waals surface area contributed by atoms with E-state index in [-0.39, 0.29) is 60.7 Å². The molecule has 16 nitrogen and oxygen atoms in total. The van der Waals surface area contributed by atoms with Gasteiger partial charge in [0, 0.05) is 80.7 Å². The van der Waals surface area contributed by atoms with Crippen LogP contribution in [-0.4, -0.2) is 126 Å². The number of fused-ring (bicyclic) bond motifs is 2. The van der Waals surface area contributed by atoms with Gasteiger partial charge in [-0.05, 0) is 118 Å². The first-order chi connectivity index (χ1) is 33.7. The van der Waals surface area contributed by atoms with Crippen LogP contribution in [0.15, 0.2) is 66.4 Å². The first kappa shape index (κ1) is 47.8. The zero-order chi connectivity index (χ0) is 48.7. The molecule has 0 spiro atoms. The minimum absolute atomic E-state index is 0.0547. The van der Waals surface area contributed by atoms with E-state index in [1.807, 2.05) is 57.5 Å². The summed E-state index contributed by atoms with van der Waals surface area (Å²) in [7, 11) is 0. The number of thiazole rings is 1. The van der Waals surface area contributed by atoms with E-state index in [0.717, 1.165) is 117 Å². The molecule has 5 aromatic rings. The molecule has 7 heterocycles. The van der Waals surface area contributed by atoms with E-state index in [1.165, 1.54) is 5.56 Å². The predicted molar refractivity (Wildman–Crippen MR) is 272 cm³/mol. The summed E-state index contributed by atoms with van der Waals surface area (Å²) in [6, 6.07) is 15.6. The van der Waals surface area contributed by atoms with Crippen LogP contribution in [0.1, 0.15) is 108 Å². The molecule has 70 heavy (non-hydrogen) atoms. The summed E-state index contributed by atoms with van der Waals surface area (Å²) in [5.41, 5.74) is 14.2. The van der Waals surface area contributed by atoms with Crippen molar-refractivity contribution in [3.8, 4) is 33.2 Å². The van der Waals surface area contributed by atoms with Gasteiger partial charge in [-0.3, -0.25) is 9.59 Å². The van der Waals surface area contributed by atoms with E-state index >= 15 is 0 Å². The van der Waals surface area contributed by atoms with Crippen LogP contribution in [0.4, 0.5) is 17.5 Å². The number of aromatic nitrogens is 5. The average molecular weight is 970 g/mol. The number of β-amino-alcohol motifs (C(OH)–C–C–N with tert-alkyl or cyclic N) is 1. The van der Waals surface area contributed by atoms with Crippen LogP contribution in [-0.2, 0) is 16.1 Å². The van der Waals surface area contributed by atoms with Gasteiger partial charge in [0.2, 0.25) is 17.8 Å². The molecule has 3 aromatic heterocycles. The molecule has 2 unspecified atom stereocenters. The molecule has 2 amide bonds. The van der Waals surface area contributed by atoms with Gasteiger partial charge in [-0.15, -0.1) is 21.5 Å². The minimum Gasteiger partial charge on any atom is -0.507 e. The zero-order valence-electron chi connectivity index (χ0n) is 40.8. The van der Waals surface area contributed by atoms with E-state index in [4.69, 9.17) is 20.4 Å². The third-order valence-corrected chi connectivity index (χ3v) is 16.2. The molecule has 2 bridgehead atoms. The lowest BCUT2D eigenvalue weighted by Gasteiger charge is -2.42. The van der Waals surface area contributed by atoms with Crippen LogP contribution >= 0.6 is 11.3 Å². The number of carbonyl (C=O) groups excluding carboxylic acids is 2. The highest BCUT2D eigenvalue weighted by Gasteiger charge is 2.43. The topological polar surface area (TPSA) is 199 Å². The van der Waals surface area contributed by atoms with Gasteiger partial charge in [0.25, 0.3) is 0 Å². The number of aromatic hydroxyl groups is 1. The summed E-state index contributed by atoms with van der Waals surface area (Å²) in [4.78, 5) is 51.3. The lowest BCUT2D eigenvalue weighted by atomic mass is 9.87. The number of phenols is 1. The number of aliphatic hydroxyl groups is 1. The number of hydrogen-bond acceptors (Lipinski definition) is 15. The number of likely N-dealkylation sites (tertiary alicyclic amines) is 2. The smallest absolute Gasteiger partial charge is 0.243 e. The van der Waals surface area contributed by atoms with Crippen molar-refractivity contribution in [1.82, 2.24) is 40.3 Å². The summed E-state index contributed by atoms with van der Waals surface area (Å²) in [5.74, 6) is 2.17. The molecule has 370 valence electrons. The zero-order valence-corrected chi connectivity index (χ0v) is 41.7. The van der Waals surface area contributed by atoms with Crippen LogP contribution < -0.4 is 25.6 Å². The molecule has 4 atom stereocenters. The Balaban J connectivity index is 0.723. The Morgan fingerprint density at radius 2 is 1.60 bits per heavy atom. The first-order valence-electron chi connectivity index (χ1n) is 25.2. The molecule has 4 aliphatic heterocycles. The van der Waals surface area contributed by atoms with Gasteiger partial charge in [0.05, 0.1) is 39.7 Å². The molecular formula is C53H67N11O5S. The Morgan fingerprint density at radius 3 is 2.29 bits per heavy atom. The number of piperidine rings is 1. The number of phenolic OH excluding ortho intramolecular Hbond substituents is 1. The highest BCUT2D eigenvalue weighted by Crippen LogP contribution is 2.40. The quantitative estimate of drug-likeness (QED) is 0.0988. The van der Waals surface area contributed by atoms with Gasteiger partial charge in [-0.1, -0.05) is 45.0 Å². The van der Waals surface area contributed by atoms with Gasteiger partial charge >= 0.3 is 0 Å². The van der Waals surface area contributed by atoms with Crippen LogP contribution in [0.2, 0.25) is 0 Å². The third kappa shape index (κ3) is 10.3. The molecule has 4 saturated heterocycles. The SMILES string of the molecule is Cc1ncsc1-c1ccc(CNC(=O)[C@@H]2C[C@@H](O)CN2C(=O)CC(C)(C)C)c(OC2CCC(N3CCC(c4cnc(N5C6CCC5CN(c5cc(-c7ccccc7O)nnc5N)C6)nc4)CC3)CC2)c1. The van der Waals surface area contributed by atoms with Crippen molar-refractivity contribution in [2.24, 2.45) is 5.41 Å². The normalized spacial score (nSPS) is 24.3. The number of piperazine rings is 1. The van der Waals surface area contributed by atoms with Crippen molar-refractivity contribution in [3.63, 3.8) is 0 Å². The second kappa shape index (κ2) is 20.1. The number of nitrogen functional groups attached to an aromatic ring is 1. The standard InChI is InChI=1S/C53H67N11O5S/c1-32-49(70-31-58-32)34-9-10-35(25-55-51(68)45-22-40(65)30-63(45)48(67)24-53(2,3)4)47(21-34)69-41-15-13-37(14-16-41)61-19-17-33(18-20-61)36-26-56-52(57-27-36)64-38-11-12-39(64)29-62(28-38)44-23-43(59-60-50(44)54)42-7-5-6-8-46(42)66/h5-10,21,23,26-27,31,33,37-41,45,65-66H,11-20,22,24-25,28-30H2,1-4H3,(H2,54,60)(H,55,68)/t37?,38?,39?,40-,41?,45+/m1/s1. The Bertz CT molecular complexity index is 2650. The molecule has 2 aromatic carbocycles. The minimum atomic E-state index is -0.724. The summed E-state index contributed by atoms with van der Waals surface area (Å²) in [6.45, 7) is 12.1. The summed E-state index contributed by atoms with van der Waals surface area (Å²) < 4.78 is 6.86. The Labute approximate surface area is 414 Å². The van der Waals surface area contributed by atoms with Crippen LogP contribution in [0, 0.1) is 12.3 Å². The number of ether oxygens (including phenoxy) is 1. The van der Waals surface area contributed by atoms with Crippen LogP contribution in [0.25, 0.3) is 21.7 Å². The summed E-state index contributed by atoms with van der Waals surface area (Å²) in [6.07, 6.45) is 12.3. The number of nitrogens with one attached hydrogen (secondary N) is 1. The van der Waals surface area contributed by atoms with E-state index in [9.17, 15) is 19.8 Å². The number of carbonyl (C=O) groups is 2. The van der Waals surface area contributed by atoms with Gasteiger partial charge in [0.15, 0.2) is 5.82 Å². The van der Waals surface area contributed by atoms with Crippen LogP contribution in [0.3, 0.4) is 0 Å². The average Bonchev–Trinajstić information content (AvgIpc) is 4.05. The predicted octanol–water partition coefficient (Wildman–Crippen LogP) is 7.09. The van der Waals surface area contributed by atoms with E-state index < -0.39 is 12.1 Å². The number of aliphatic hydroxyl groups excluding tert-OH is 1. The Morgan fingerprint density at radius 1 is 0.886 bits per heavy atom.